The second-order valence-corrected chi connectivity index (χ2v) is 3.79. The number of nitrogens with two attached hydrogens (primary N) is 1. The summed E-state index contributed by atoms with van der Waals surface area (Å²) in [7, 11) is 0. The van der Waals surface area contributed by atoms with Gasteiger partial charge in [0.2, 0.25) is 5.91 Å². The molecular formula is C10H21N3O. The topological polar surface area (TPSA) is 58.4 Å². The maximum atomic E-state index is 11.3. The zero-order valence-corrected chi connectivity index (χ0v) is 9.12. The van der Waals surface area contributed by atoms with Crippen LogP contribution >= 0.6 is 0 Å². The molecule has 4 heteroatoms. The largest absolute Gasteiger partial charge is 0.369 e. The van der Waals surface area contributed by atoms with Crippen LogP contribution in [0.4, 0.5) is 0 Å². The van der Waals surface area contributed by atoms with E-state index in [2.05, 4.69) is 24.1 Å². The van der Waals surface area contributed by atoms with Crippen LogP contribution in [-0.2, 0) is 4.79 Å². The van der Waals surface area contributed by atoms with Gasteiger partial charge < -0.3 is 16.0 Å². The molecule has 1 saturated heterocycles. The van der Waals surface area contributed by atoms with E-state index in [1.807, 2.05) is 0 Å². The molecule has 1 rings (SSSR count). The van der Waals surface area contributed by atoms with Gasteiger partial charge in [0.15, 0.2) is 0 Å². The molecule has 0 aromatic heterocycles. The number of hydrogen-bond acceptors (Lipinski definition) is 3. The fraction of sp³-hybridized carbons (Fsp3) is 0.900. The molecule has 1 amide bonds. The van der Waals surface area contributed by atoms with Crippen LogP contribution in [0.15, 0.2) is 0 Å². The highest BCUT2D eigenvalue weighted by Crippen LogP contribution is 2.17. The van der Waals surface area contributed by atoms with Crippen LogP contribution in [0.1, 0.15) is 20.3 Å². The average Bonchev–Trinajstić information content (AvgIpc) is 2.20. The molecular weight excluding hydrogens is 178 g/mol. The number of carbonyl (C=O) groups is 1. The molecule has 0 radical (unpaired) electrons. The van der Waals surface area contributed by atoms with Gasteiger partial charge in [-0.05, 0) is 26.1 Å². The summed E-state index contributed by atoms with van der Waals surface area (Å²) in [6.45, 7) is 7.96. The minimum absolute atomic E-state index is 0.0244. The summed E-state index contributed by atoms with van der Waals surface area (Å²) in [5, 5.41) is 3.22. The Hall–Kier alpha value is -0.610. The maximum Gasteiger partial charge on any atom is 0.223 e. The van der Waals surface area contributed by atoms with Gasteiger partial charge in [0.25, 0.3) is 0 Å². The second kappa shape index (κ2) is 5.32. The second-order valence-electron chi connectivity index (χ2n) is 3.79. The van der Waals surface area contributed by atoms with Gasteiger partial charge >= 0.3 is 0 Å². The highest BCUT2D eigenvalue weighted by atomic mass is 16.1. The van der Waals surface area contributed by atoms with Crippen molar-refractivity contribution < 1.29 is 4.79 Å². The van der Waals surface area contributed by atoms with Crippen molar-refractivity contribution in [3.8, 4) is 0 Å². The fourth-order valence-corrected chi connectivity index (χ4v) is 2.26. The minimum atomic E-state index is -0.172. The minimum Gasteiger partial charge on any atom is -0.369 e. The van der Waals surface area contributed by atoms with E-state index in [0.717, 1.165) is 32.6 Å². The van der Waals surface area contributed by atoms with E-state index in [9.17, 15) is 4.79 Å². The third kappa shape index (κ3) is 2.45. The Balaban J connectivity index is 2.65. The lowest BCUT2D eigenvalue weighted by atomic mass is 9.91. The van der Waals surface area contributed by atoms with Crippen LogP contribution in [0.3, 0.4) is 0 Å². The Morgan fingerprint density at radius 2 is 2.14 bits per heavy atom. The van der Waals surface area contributed by atoms with E-state index >= 15 is 0 Å². The van der Waals surface area contributed by atoms with Gasteiger partial charge in [-0.15, -0.1) is 0 Å². The number of nitrogens with zero attached hydrogens (tertiary/aromatic N) is 1. The number of piperidine rings is 1. The predicted octanol–water partition coefficient (Wildman–Crippen LogP) is -0.208. The van der Waals surface area contributed by atoms with Crippen LogP contribution in [0.5, 0.6) is 0 Å². The van der Waals surface area contributed by atoms with E-state index in [-0.39, 0.29) is 11.8 Å². The molecule has 0 aromatic rings. The van der Waals surface area contributed by atoms with Crippen LogP contribution in [0.2, 0.25) is 0 Å². The predicted molar refractivity (Wildman–Crippen MR) is 56.9 cm³/mol. The summed E-state index contributed by atoms with van der Waals surface area (Å²) in [5.74, 6) is -0.197. The van der Waals surface area contributed by atoms with Crippen molar-refractivity contribution in [3.05, 3.63) is 0 Å². The van der Waals surface area contributed by atoms with Crippen LogP contribution in [-0.4, -0.2) is 43.0 Å². The Morgan fingerprint density at radius 3 is 2.64 bits per heavy atom. The molecule has 82 valence electrons. The Kier molecular flexibility index (Phi) is 4.35. The first-order chi connectivity index (χ1) is 6.70. The molecule has 0 aromatic carbocycles. The molecule has 0 spiro atoms. The summed E-state index contributed by atoms with van der Waals surface area (Å²) in [5.41, 5.74) is 5.40. The van der Waals surface area contributed by atoms with E-state index in [1.165, 1.54) is 0 Å². The van der Waals surface area contributed by atoms with Crippen LogP contribution < -0.4 is 11.1 Å². The summed E-state index contributed by atoms with van der Waals surface area (Å²) >= 11 is 0. The smallest absolute Gasteiger partial charge is 0.223 e. The molecule has 4 nitrogen and oxygen atoms in total. The lowest BCUT2D eigenvalue weighted by Crippen LogP contribution is -2.53. The highest BCUT2D eigenvalue weighted by molar-refractivity contribution is 5.77. The zero-order chi connectivity index (χ0) is 10.6. The first-order valence-electron chi connectivity index (χ1n) is 5.44. The molecule has 3 N–H and O–H groups in total. The molecule has 14 heavy (non-hydrogen) atoms. The Morgan fingerprint density at radius 1 is 1.50 bits per heavy atom. The van der Waals surface area contributed by atoms with Crippen molar-refractivity contribution in [2.24, 2.45) is 11.7 Å². The SMILES string of the molecule is CCN(CC)C1CCNCC1C(N)=O. The van der Waals surface area contributed by atoms with Gasteiger partial charge in [0.1, 0.15) is 0 Å². The molecule has 1 aliphatic heterocycles. The Bertz CT molecular complexity index is 192. The zero-order valence-electron chi connectivity index (χ0n) is 9.12. The summed E-state index contributed by atoms with van der Waals surface area (Å²) in [6, 6.07) is 0.337. The number of nitrogens with one attached hydrogen (secondary N) is 1. The molecule has 1 heterocycles. The fourth-order valence-electron chi connectivity index (χ4n) is 2.26. The van der Waals surface area contributed by atoms with Gasteiger partial charge in [-0.1, -0.05) is 13.8 Å². The van der Waals surface area contributed by atoms with Crippen molar-refractivity contribution in [2.75, 3.05) is 26.2 Å². The quantitative estimate of drug-likeness (QED) is 0.659. The van der Waals surface area contributed by atoms with Crippen molar-refractivity contribution in [1.82, 2.24) is 10.2 Å². The van der Waals surface area contributed by atoms with Crippen molar-refractivity contribution in [1.29, 1.82) is 0 Å². The number of carbonyl (C=O) groups excluding carboxylic acids is 1. The number of hydrogen-bond donors (Lipinski definition) is 2. The standard InChI is InChI=1S/C10H21N3O/c1-3-13(4-2)9-5-6-12-7-8(9)10(11)14/h8-9,12H,3-7H2,1-2H3,(H2,11,14). The average molecular weight is 199 g/mol. The van der Waals surface area contributed by atoms with Gasteiger partial charge in [0.05, 0.1) is 5.92 Å². The van der Waals surface area contributed by atoms with E-state index in [4.69, 9.17) is 5.73 Å². The summed E-state index contributed by atoms with van der Waals surface area (Å²) < 4.78 is 0. The third-order valence-electron chi connectivity index (χ3n) is 3.09. The third-order valence-corrected chi connectivity index (χ3v) is 3.09. The molecule has 0 saturated carbocycles. The first-order valence-corrected chi connectivity index (χ1v) is 5.44. The Labute approximate surface area is 85.8 Å². The van der Waals surface area contributed by atoms with E-state index in [0.29, 0.717) is 6.04 Å². The molecule has 2 atom stereocenters. The van der Waals surface area contributed by atoms with E-state index < -0.39 is 0 Å². The van der Waals surface area contributed by atoms with Crippen molar-refractivity contribution in [3.63, 3.8) is 0 Å². The summed E-state index contributed by atoms with van der Waals surface area (Å²) in [6.07, 6.45) is 1.02. The lowest BCUT2D eigenvalue weighted by molar-refractivity contribution is -0.124. The van der Waals surface area contributed by atoms with Gasteiger partial charge in [-0.2, -0.15) is 0 Å². The number of primary amides is 1. The highest BCUT2D eigenvalue weighted by Gasteiger charge is 2.32. The van der Waals surface area contributed by atoms with Crippen LogP contribution in [0, 0.1) is 5.92 Å². The normalized spacial score (nSPS) is 27.9. The first kappa shape index (κ1) is 11.5. The molecule has 1 aliphatic rings. The number of rotatable bonds is 4. The van der Waals surface area contributed by atoms with Gasteiger partial charge in [-0.25, -0.2) is 0 Å². The maximum absolute atomic E-state index is 11.3. The van der Waals surface area contributed by atoms with Gasteiger partial charge in [0, 0.05) is 12.6 Å². The summed E-state index contributed by atoms with van der Waals surface area (Å²) in [4.78, 5) is 13.6. The lowest BCUT2D eigenvalue weighted by Gasteiger charge is -2.37. The molecule has 2 unspecified atom stereocenters. The van der Waals surface area contributed by atoms with Crippen molar-refractivity contribution >= 4 is 5.91 Å². The van der Waals surface area contributed by atoms with Crippen LogP contribution in [0.25, 0.3) is 0 Å². The molecule has 0 bridgehead atoms. The monoisotopic (exact) mass is 199 g/mol. The number of amides is 1. The van der Waals surface area contributed by atoms with E-state index in [1.54, 1.807) is 0 Å². The molecule has 1 fully saturated rings. The van der Waals surface area contributed by atoms with Crippen molar-refractivity contribution in [2.45, 2.75) is 26.3 Å². The van der Waals surface area contributed by atoms with Gasteiger partial charge in [-0.3, -0.25) is 4.79 Å². The molecule has 0 aliphatic carbocycles.